The standard InChI is InChI=1S/C25H26FN5O5S2/c26-22-13-27-23(37-22)28-24(34)31-16-25(8-9-29(15-25)17-33)20-12-19(6-7-21(20)31)38(35,36)30(10-11-32)14-18-4-2-1-3-5-18/h1-7,12-13,17,32H,8-11,14-16H2,(H,27,28,34). The molecule has 0 bridgehead atoms. The van der Waals surface area contributed by atoms with Gasteiger partial charge in [-0.25, -0.2) is 18.2 Å². The van der Waals surface area contributed by atoms with Crippen LogP contribution in [0.5, 0.6) is 0 Å². The molecule has 2 aliphatic rings. The number of thiazole rings is 1. The van der Waals surface area contributed by atoms with Crippen LogP contribution in [0.15, 0.2) is 59.6 Å². The van der Waals surface area contributed by atoms with E-state index in [1.165, 1.54) is 15.3 Å². The van der Waals surface area contributed by atoms with Gasteiger partial charge in [0.15, 0.2) is 10.3 Å². The zero-order chi connectivity index (χ0) is 26.9. The first-order valence-electron chi connectivity index (χ1n) is 11.9. The maximum atomic E-state index is 13.7. The molecule has 3 amide bonds. The Hall–Kier alpha value is -3.39. The Bertz CT molecular complexity index is 1450. The van der Waals surface area contributed by atoms with E-state index in [1.54, 1.807) is 17.0 Å². The Morgan fingerprint density at radius 1 is 1.24 bits per heavy atom. The fourth-order valence-corrected chi connectivity index (χ4v) is 7.12. The maximum Gasteiger partial charge on any atom is 0.328 e. The first-order valence-corrected chi connectivity index (χ1v) is 14.2. The topological polar surface area (TPSA) is 123 Å². The summed E-state index contributed by atoms with van der Waals surface area (Å²) in [5.74, 6) is 0. The van der Waals surface area contributed by atoms with Crippen LogP contribution in [0, 0.1) is 5.13 Å². The van der Waals surface area contributed by atoms with Gasteiger partial charge in [0.25, 0.3) is 0 Å². The zero-order valence-electron chi connectivity index (χ0n) is 20.3. The number of fused-ring (bicyclic) bond motifs is 2. The predicted octanol–water partition coefficient (Wildman–Crippen LogP) is 2.62. The Morgan fingerprint density at radius 3 is 2.68 bits per heavy atom. The van der Waals surface area contributed by atoms with Crippen molar-refractivity contribution in [2.24, 2.45) is 0 Å². The molecule has 1 fully saturated rings. The minimum atomic E-state index is -4.01. The number of benzene rings is 2. The number of aromatic nitrogens is 1. The summed E-state index contributed by atoms with van der Waals surface area (Å²) in [6, 6.07) is 13.2. The third kappa shape index (κ3) is 4.89. The van der Waals surface area contributed by atoms with Crippen molar-refractivity contribution in [3.05, 3.63) is 71.0 Å². The Kier molecular flexibility index (Phi) is 7.18. The van der Waals surface area contributed by atoms with Crippen molar-refractivity contribution < 1.29 is 27.5 Å². The molecule has 10 nitrogen and oxygen atoms in total. The molecule has 0 aliphatic carbocycles. The number of aliphatic hydroxyl groups is 1. The summed E-state index contributed by atoms with van der Waals surface area (Å²) >= 11 is 0.702. The van der Waals surface area contributed by atoms with Crippen molar-refractivity contribution in [3.63, 3.8) is 0 Å². The number of nitrogens with one attached hydrogen (secondary N) is 1. The Balaban J connectivity index is 1.51. The number of halogens is 1. The van der Waals surface area contributed by atoms with E-state index in [1.807, 2.05) is 30.3 Å². The van der Waals surface area contributed by atoms with Crippen LogP contribution < -0.4 is 10.2 Å². The molecule has 0 radical (unpaired) electrons. The van der Waals surface area contributed by atoms with Crippen molar-refractivity contribution in [2.75, 3.05) is 43.0 Å². The third-order valence-electron chi connectivity index (χ3n) is 6.95. The van der Waals surface area contributed by atoms with Crippen molar-refractivity contribution in [1.29, 1.82) is 0 Å². The summed E-state index contributed by atoms with van der Waals surface area (Å²) in [6.07, 6.45) is 2.31. The van der Waals surface area contributed by atoms with Crippen molar-refractivity contribution >= 4 is 44.6 Å². The van der Waals surface area contributed by atoms with Crippen LogP contribution in [-0.4, -0.2) is 72.9 Å². The highest BCUT2D eigenvalue weighted by Gasteiger charge is 2.49. The molecule has 3 heterocycles. The lowest BCUT2D eigenvalue weighted by Gasteiger charge is -2.25. The molecular formula is C25H26FN5O5S2. The number of amides is 3. The van der Waals surface area contributed by atoms with E-state index in [2.05, 4.69) is 10.3 Å². The summed E-state index contributed by atoms with van der Waals surface area (Å²) < 4.78 is 42.1. The highest BCUT2D eigenvalue weighted by Crippen LogP contribution is 2.47. The molecule has 3 aromatic rings. The number of carbonyl (C=O) groups excluding carboxylic acids is 2. The number of hydrogen-bond donors (Lipinski definition) is 2. The van der Waals surface area contributed by atoms with Gasteiger partial charge in [0.2, 0.25) is 16.4 Å². The molecule has 13 heteroatoms. The zero-order valence-corrected chi connectivity index (χ0v) is 21.9. The maximum absolute atomic E-state index is 13.7. The van der Waals surface area contributed by atoms with Crippen molar-refractivity contribution in [2.45, 2.75) is 23.3 Å². The van der Waals surface area contributed by atoms with Gasteiger partial charge in [0, 0.05) is 43.8 Å². The monoisotopic (exact) mass is 559 g/mol. The second kappa shape index (κ2) is 10.4. The number of hydrogen-bond acceptors (Lipinski definition) is 7. The van der Waals surface area contributed by atoms with E-state index in [0.29, 0.717) is 42.1 Å². The van der Waals surface area contributed by atoms with Crippen LogP contribution in [0.4, 0.5) is 20.0 Å². The normalized spacial score (nSPS) is 18.8. The van der Waals surface area contributed by atoms with Crippen LogP contribution in [0.2, 0.25) is 0 Å². The molecule has 1 spiro atoms. The lowest BCUT2D eigenvalue weighted by molar-refractivity contribution is -0.117. The van der Waals surface area contributed by atoms with E-state index < -0.39 is 26.6 Å². The van der Waals surface area contributed by atoms with Crippen LogP contribution in [0.25, 0.3) is 0 Å². The largest absolute Gasteiger partial charge is 0.395 e. The van der Waals surface area contributed by atoms with Gasteiger partial charge in [0.05, 0.1) is 17.7 Å². The summed E-state index contributed by atoms with van der Waals surface area (Å²) in [5.41, 5.74) is 1.28. The summed E-state index contributed by atoms with van der Waals surface area (Å²) in [7, 11) is -4.01. The van der Waals surface area contributed by atoms with Gasteiger partial charge >= 0.3 is 6.03 Å². The lowest BCUT2D eigenvalue weighted by Crippen LogP contribution is -2.40. The van der Waals surface area contributed by atoms with E-state index in [-0.39, 0.29) is 36.3 Å². The molecule has 2 N–H and O–H groups in total. The van der Waals surface area contributed by atoms with Crippen LogP contribution in [0.3, 0.4) is 0 Å². The predicted molar refractivity (Wildman–Crippen MR) is 140 cm³/mol. The first kappa shape index (κ1) is 26.2. The van der Waals surface area contributed by atoms with Gasteiger partial charge < -0.3 is 10.0 Å². The average molecular weight is 560 g/mol. The second-order valence-corrected chi connectivity index (χ2v) is 12.2. The van der Waals surface area contributed by atoms with E-state index in [9.17, 15) is 27.5 Å². The van der Waals surface area contributed by atoms with Gasteiger partial charge in [0.1, 0.15) is 0 Å². The van der Waals surface area contributed by atoms with Gasteiger partial charge in [-0.15, -0.1) is 0 Å². The Morgan fingerprint density at radius 2 is 2.03 bits per heavy atom. The molecule has 1 atom stereocenters. The molecule has 1 saturated heterocycles. The Labute approximate surface area is 223 Å². The molecule has 0 saturated carbocycles. The van der Waals surface area contributed by atoms with Crippen molar-refractivity contribution in [1.82, 2.24) is 14.2 Å². The third-order valence-corrected chi connectivity index (χ3v) is 9.49. The quantitative estimate of drug-likeness (QED) is 0.409. The van der Waals surface area contributed by atoms with Gasteiger partial charge in [-0.05, 0) is 35.7 Å². The van der Waals surface area contributed by atoms with Gasteiger partial charge in [-0.3, -0.25) is 15.0 Å². The van der Waals surface area contributed by atoms with Gasteiger partial charge in [-0.2, -0.15) is 8.70 Å². The fourth-order valence-electron chi connectivity index (χ4n) is 5.14. The molecule has 38 heavy (non-hydrogen) atoms. The van der Waals surface area contributed by atoms with Crippen LogP contribution in [0.1, 0.15) is 17.5 Å². The minimum Gasteiger partial charge on any atom is -0.395 e. The van der Waals surface area contributed by atoms with E-state index in [4.69, 9.17) is 0 Å². The van der Waals surface area contributed by atoms with E-state index >= 15 is 0 Å². The lowest BCUT2D eigenvalue weighted by atomic mass is 9.81. The summed E-state index contributed by atoms with van der Waals surface area (Å²) in [4.78, 5) is 31.7. The number of nitrogens with zero attached hydrogens (tertiary/aromatic N) is 4. The summed E-state index contributed by atoms with van der Waals surface area (Å²) in [6.45, 7) is 0.673. The van der Waals surface area contributed by atoms with Gasteiger partial charge in [-0.1, -0.05) is 41.7 Å². The second-order valence-electron chi connectivity index (χ2n) is 9.32. The smallest absolute Gasteiger partial charge is 0.328 e. The highest BCUT2D eigenvalue weighted by atomic mass is 32.2. The van der Waals surface area contributed by atoms with E-state index in [0.717, 1.165) is 18.2 Å². The molecule has 5 rings (SSSR count). The number of urea groups is 1. The number of carbonyl (C=O) groups is 2. The summed E-state index contributed by atoms with van der Waals surface area (Å²) in [5, 5.41) is 11.8. The molecule has 1 unspecified atom stereocenters. The molecule has 2 aromatic carbocycles. The first-order chi connectivity index (χ1) is 18.3. The number of anilines is 2. The van der Waals surface area contributed by atoms with Crippen molar-refractivity contribution in [3.8, 4) is 0 Å². The van der Waals surface area contributed by atoms with Crippen LogP contribution >= 0.6 is 11.3 Å². The molecule has 200 valence electrons. The van der Waals surface area contributed by atoms with Crippen LogP contribution in [-0.2, 0) is 26.8 Å². The number of aliphatic hydroxyl groups excluding tert-OH is 1. The molecular weight excluding hydrogens is 533 g/mol. The highest BCUT2D eigenvalue weighted by molar-refractivity contribution is 7.89. The number of likely N-dealkylation sites (tertiary alicyclic amines) is 1. The molecule has 2 aliphatic heterocycles. The SMILES string of the molecule is O=CN1CCC2(C1)CN(C(=O)Nc1ncc(F)s1)c1ccc(S(=O)(=O)N(CCO)Cc3ccccc3)cc12. The fraction of sp³-hybridized carbons (Fsp3) is 0.320. The average Bonchev–Trinajstić information content (AvgIpc) is 3.61. The molecule has 1 aromatic heterocycles. The number of sulfonamides is 1. The minimum absolute atomic E-state index is 0.0359. The number of rotatable bonds is 8.